The molecule has 0 spiro atoms. The highest BCUT2D eigenvalue weighted by atomic mass is 31.2. The summed E-state index contributed by atoms with van der Waals surface area (Å²) >= 11 is 0. The quantitative estimate of drug-likeness (QED) is 0.664. The van der Waals surface area contributed by atoms with E-state index in [4.69, 9.17) is 9.05 Å². The van der Waals surface area contributed by atoms with Crippen LogP contribution in [-0.4, -0.2) is 19.4 Å². The maximum atomic E-state index is 12.3. The molecule has 0 atom stereocenters. The third-order valence-corrected chi connectivity index (χ3v) is 5.54. The second-order valence-corrected chi connectivity index (χ2v) is 6.86. The van der Waals surface area contributed by atoms with Crippen LogP contribution in [0, 0.1) is 11.8 Å². The Bertz CT molecular complexity index is 224. The summed E-state index contributed by atoms with van der Waals surface area (Å²) in [6.45, 7) is 6.98. The van der Waals surface area contributed by atoms with Crippen LogP contribution in [0.2, 0.25) is 0 Å². The molecule has 0 radical (unpaired) electrons. The molecular formula is C12H25O3P. The first-order chi connectivity index (χ1) is 7.59. The number of hydrogen-bond donors (Lipinski definition) is 0. The van der Waals surface area contributed by atoms with Gasteiger partial charge < -0.3 is 9.05 Å². The first-order valence-electron chi connectivity index (χ1n) is 6.47. The molecule has 1 aliphatic rings. The maximum Gasteiger partial charge on any atom is 0.330 e. The van der Waals surface area contributed by atoms with Crippen molar-refractivity contribution in [2.75, 3.05) is 19.4 Å². The molecule has 96 valence electrons. The molecule has 3 nitrogen and oxygen atoms in total. The van der Waals surface area contributed by atoms with E-state index in [9.17, 15) is 4.57 Å². The van der Waals surface area contributed by atoms with Gasteiger partial charge in [-0.3, -0.25) is 4.57 Å². The lowest BCUT2D eigenvalue weighted by molar-refractivity contribution is 0.208. The van der Waals surface area contributed by atoms with Gasteiger partial charge in [-0.25, -0.2) is 0 Å². The van der Waals surface area contributed by atoms with Gasteiger partial charge in [0, 0.05) is 0 Å². The molecule has 0 saturated heterocycles. The largest absolute Gasteiger partial charge is 0.330 e. The van der Waals surface area contributed by atoms with E-state index in [0.717, 1.165) is 5.92 Å². The third kappa shape index (κ3) is 4.57. The van der Waals surface area contributed by atoms with Crippen molar-refractivity contribution in [1.82, 2.24) is 0 Å². The molecule has 0 bridgehead atoms. The second-order valence-electron chi connectivity index (χ2n) is 4.75. The van der Waals surface area contributed by atoms with Crippen molar-refractivity contribution in [1.29, 1.82) is 0 Å². The highest BCUT2D eigenvalue weighted by Gasteiger charge is 2.30. The number of rotatable bonds is 6. The van der Waals surface area contributed by atoms with Crippen molar-refractivity contribution >= 4 is 7.60 Å². The van der Waals surface area contributed by atoms with Crippen LogP contribution in [0.1, 0.15) is 46.5 Å². The summed E-state index contributed by atoms with van der Waals surface area (Å²) in [6, 6.07) is 0. The molecule has 0 unspecified atom stereocenters. The van der Waals surface area contributed by atoms with Gasteiger partial charge in [-0.05, 0) is 38.5 Å². The topological polar surface area (TPSA) is 35.5 Å². The van der Waals surface area contributed by atoms with Gasteiger partial charge in [0.2, 0.25) is 0 Å². The van der Waals surface area contributed by atoms with Crippen LogP contribution in [0.4, 0.5) is 0 Å². The zero-order valence-corrected chi connectivity index (χ0v) is 11.7. The lowest BCUT2D eigenvalue weighted by Crippen LogP contribution is -2.17. The monoisotopic (exact) mass is 248 g/mol. The van der Waals surface area contributed by atoms with Crippen LogP contribution >= 0.6 is 7.60 Å². The minimum atomic E-state index is -2.81. The molecule has 0 aromatic rings. The van der Waals surface area contributed by atoms with Crippen LogP contribution in [-0.2, 0) is 13.6 Å². The molecule has 0 aromatic heterocycles. The molecule has 1 rings (SSSR count). The third-order valence-electron chi connectivity index (χ3n) is 3.27. The molecule has 0 amide bonds. The lowest BCUT2D eigenvalue weighted by atomic mass is 9.84. The SMILES string of the molecule is CCOP(=O)(CC1CCC(C)CC1)OCC. The van der Waals surface area contributed by atoms with Gasteiger partial charge >= 0.3 is 7.60 Å². The van der Waals surface area contributed by atoms with E-state index in [0.29, 0.717) is 25.3 Å². The fraction of sp³-hybridized carbons (Fsp3) is 1.00. The highest BCUT2D eigenvalue weighted by molar-refractivity contribution is 7.53. The predicted molar refractivity (Wildman–Crippen MR) is 66.8 cm³/mol. The summed E-state index contributed by atoms with van der Waals surface area (Å²) in [5, 5.41) is 0. The van der Waals surface area contributed by atoms with Crippen LogP contribution in [0.3, 0.4) is 0 Å². The van der Waals surface area contributed by atoms with Crippen LogP contribution in [0.25, 0.3) is 0 Å². The second kappa shape index (κ2) is 6.78. The standard InChI is InChI=1S/C12H25O3P/c1-4-14-16(13,15-5-2)10-12-8-6-11(3)7-9-12/h11-12H,4-10H2,1-3H3. The molecule has 1 fully saturated rings. The Labute approximate surface area is 99.4 Å². The van der Waals surface area contributed by atoms with Gasteiger partial charge in [-0.15, -0.1) is 0 Å². The van der Waals surface area contributed by atoms with E-state index in [1.54, 1.807) is 0 Å². The fourth-order valence-electron chi connectivity index (χ4n) is 2.36. The Morgan fingerprint density at radius 3 is 2.00 bits per heavy atom. The summed E-state index contributed by atoms with van der Waals surface area (Å²) in [4.78, 5) is 0. The zero-order valence-electron chi connectivity index (χ0n) is 10.8. The van der Waals surface area contributed by atoms with E-state index in [-0.39, 0.29) is 0 Å². The Morgan fingerprint density at radius 1 is 1.06 bits per heavy atom. The highest BCUT2D eigenvalue weighted by Crippen LogP contribution is 2.51. The molecular weight excluding hydrogens is 223 g/mol. The normalized spacial score (nSPS) is 26.9. The Kier molecular flexibility index (Phi) is 6.02. The Balaban J connectivity index is 2.45. The number of hydrogen-bond acceptors (Lipinski definition) is 3. The molecule has 1 aliphatic carbocycles. The molecule has 16 heavy (non-hydrogen) atoms. The van der Waals surface area contributed by atoms with Gasteiger partial charge in [0.25, 0.3) is 0 Å². The van der Waals surface area contributed by atoms with Crippen molar-refractivity contribution in [3.8, 4) is 0 Å². The van der Waals surface area contributed by atoms with E-state index in [1.807, 2.05) is 13.8 Å². The molecule has 0 aromatic carbocycles. The first kappa shape index (κ1) is 14.2. The molecule has 0 heterocycles. The summed E-state index contributed by atoms with van der Waals surface area (Å²) in [5.41, 5.74) is 0. The summed E-state index contributed by atoms with van der Waals surface area (Å²) in [5.74, 6) is 1.36. The molecule has 0 aliphatic heterocycles. The molecule has 4 heteroatoms. The van der Waals surface area contributed by atoms with Gasteiger partial charge in [-0.2, -0.15) is 0 Å². The van der Waals surface area contributed by atoms with Gasteiger partial charge in [0.15, 0.2) is 0 Å². The van der Waals surface area contributed by atoms with Crippen molar-refractivity contribution in [3.05, 3.63) is 0 Å². The first-order valence-corrected chi connectivity index (χ1v) is 8.20. The molecule has 1 saturated carbocycles. The maximum absolute atomic E-state index is 12.3. The average Bonchev–Trinajstić information content (AvgIpc) is 2.22. The van der Waals surface area contributed by atoms with E-state index < -0.39 is 7.60 Å². The van der Waals surface area contributed by atoms with E-state index >= 15 is 0 Å². The fourth-order valence-corrected chi connectivity index (χ4v) is 4.43. The van der Waals surface area contributed by atoms with Crippen molar-refractivity contribution < 1.29 is 13.6 Å². The smallest absolute Gasteiger partial charge is 0.309 e. The van der Waals surface area contributed by atoms with Crippen molar-refractivity contribution in [2.24, 2.45) is 11.8 Å². The van der Waals surface area contributed by atoms with Crippen molar-refractivity contribution in [3.63, 3.8) is 0 Å². The predicted octanol–water partition coefficient (Wildman–Crippen LogP) is 4.08. The van der Waals surface area contributed by atoms with E-state index in [1.165, 1.54) is 25.7 Å². The summed E-state index contributed by atoms with van der Waals surface area (Å²) in [6.07, 6.45) is 5.46. The summed E-state index contributed by atoms with van der Waals surface area (Å²) in [7, 11) is -2.81. The minimum Gasteiger partial charge on any atom is -0.309 e. The van der Waals surface area contributed by atoms with Crippen LogP contribution < -0.4 is 0 Å². The molecule has 0 N–H and O–H groups in total. The minimum absolute atomic E-state index is 0.473. The van der Waals surface area contributed by atoms with E-state index in [2.05, 4.69) is 6.92 Å². The van der Waals surface area contributed by atoms with Gasteiger partial charge in [-0.1, -0.05) is 19.8 Å². The summed E-state index contributed by atoms with van der Waals surface area (Å²) < 4.78 is 23.0. The van der Waals surface area contributed by atoms with Crippen LogP contribution in [0.15, 0.2) is 0 Å². The van der Waals surface area contributed by atoms with Gasteiger partial charge in [0.05, 0.1) is 19.4 Å². The Hall–Kier alpha value is 0.150. The van der Waals surface area contributed by atoms with Crippen molar-refractivity contribution in [2.45, 2.75) is 46.5 Å². The zero-order chi connectivity index (χ0) is 12.0. The van der Waals surface area contributed by atoms with Crippen LogP contribution in [0.5, 0.6) is 0 Å². The Morgan fingerprint density at radius 2 is 1.56 bits per heavy atom. The lowest BCUT2D eigenvalue weighted by Gasteiger charge is -2.28. The average molecular weight is 248 g/mol. The van der Waals surface area contributed by atoms with Gasteiger partial charge in [0.1, 0.15) is 0 Å².